The molecule has 31 heavy (non-hydrogen) atoms. The third-order valence-corrected chi connectivity index (χ3v) is 7.00. The van der Waals surface area contributed by atoms with Crippen LogP contribution < -0.4 is 14.8 Å². The van der Waals surface area contributed by atoms with Crippen LogP contribution in [0.5, 0.6) is 11.5 Å². The van der Waals surface area contributed by atoms with Crippen molar-refractivity contribution in [2.75, 3.05) is 19.7 Å². The molecule has 1 aliphatic heterocycles. The van der Waals surface area contributed by atoms with Crippen LogP contribution in [0.15, 0.2) is 46.4 Å². The Bertz CT molecular complexity index is 1030. The molecule has 3 rings (SSSR count). The summed E-state index contributed by atoms with van der Waals surface area (Å²) in [5.74, 6) is 6.28. The van der Waals surface area contributed by atoms with Gasteiger partial charge in [-0.15, -0.1) is 12.4 Å². The van der Waals surface area contributed by atoms with Gasteiger partial charge in [-0.05, 0) is 55.5 Å². The third-order valence-electron chi connectivity index (χ3n) is 4.78. The van der Waals surface area contributed by atoms with E-state index >= 15 is 0 Å². The Morgan fingerprint density at radius 3 is 2.55 bits per heavy atom. The van der Waals surface area contributed by atoms with E-state index in [1.54, 1.807) is 18.5 Å². The van der Waals surface area contributed by atoms with Gasteiger partial charge in [-0.2, -0.15) is 13.5 Å². The number of nitrogens with zero attached hydrogens (tertiary/aromatic N) is 2. The van der Waals surface area contributed by atoms with Gasteiger partial charge in [-0.3, -0.25) is 0 Å². The summed E-state index contributed by atoms with van der Waals surface area (Å²) >= 11 is 12.0. The number of hydrazone groups is 1. The number of benzene rings is 2. The molecule has 0 aliphatic carbocycles. The van der Waals surface area contributed by atoms with E-state index in [9.17, 15) is 8.42 Å². The average Bonchev–Trinajstić information content (AvgIpc) is 2.69. The summed E-state index contributed by atoms with van der Waals surface area (Å²) < 4.78 is 36.5. The van der Waals surface area contributed by atoms with Crippen molar-refractivity contribution < 1.29 is 17.3 Å². The standard InChI is InChI=1S/C20H23Cl2N3O4S.ClH/c1-14-9-16(28-12-15-5-7-25(8-6-15)13-24-23)11-17(10-14)29-30(26,27)19-4-2-3-18(21)20(19)22;/h2-4,9-11,13,15H,5-8,12,23H2,1H3;1H. The number of hydrogen-bond donors (Lipinski definition) is 1. The molecule has 0 bridgehead atoms. The Kier molecular flexibility index (Phi) is 9.12. The third kappa shape index (κ3) is 6.80. The van der Waals surface area contributed by atoms with E-state index in [1.165, 1.54) is 18.2 Å². The molecule has 1 heterocycles. The van der Waals surface area contributed by atoms with Crippen molar-refractivity contribution in [3.05, 3.63) is 52.0 Å². The highest BCUT2D eigenvalue weighted by Gasteiger charge is 2.23. The van der Waals surface area contributed by atoms with Gasteiger partial charge in [-0.1, -0.05) is 29.3 Å². The second-order valence-electron chi connectivity index (χ2n) is 7.13. The predicted octanol–water partition coefficient (Wildman–Crippen LogP) is 4.48. The van der Waals surface area contributed by atoms with Crippen LogP contribution >= 0.6 is 35.6 Å². The van der Waals surface area contributed by atoms with E-state index in [2.05, 4.69) is 10.0 Å². The lowest BCUT2D eigenvalue weighted by molar-refractivity contribution is 0.183. The summed E-state index contributed by atoms with van der Waals surface area (Å²) in [6, 6.07) is 9.36. The first-order valence-electron chi connectivity index (χ1n) is 9.39. The minimum absolute atomic E-state index is 0. The van der Waals surface area contributed by atoms with Gasteiger partial charge in [0.05, 0.1) is 16.7 Å². The lowest BCUT2D eigenvalue weighted by Gasteiger charge is -2.30. The first-order chi connectivity index (χ1) is 14.3. The van der Waals surface area contributed by atoms with Crippen LogP contribution in [0.3, 0.4) is 0 Å². The van der Waals surface area contributed by atoms with Crippen molar-refractivity contribution in [3.8, 4) is 11.5 Å². The SMILES string of the molecule is Cc1cc(OCC2CCN(C=NN)CC2)cc(OS(=O)(=O)c2cccc(Cl)c2Cl)c1.Cl. The molecule has 1 aliphatic rings. The second-order valence-corrected chi connectivity index (χ2v) is 9.43. The molecule has 0 spiro atoms. The van der Waals surface area contributed by atoms with Crippen molar-refractivity contribution in [2.24, 2.45) is 16.9 Å². The van der Waals surface area contributed by atoms with Crippen LogP contribution in [-0.4, -0.2) is 39.4 Å². The first-order valence-corrected chi connectivity index (χ1v) is 11.6. The minimum atomic E-state index is -4.15. The molecule has 0 aromatic heterocycles. The summed E-state index contributed by atoms with van der Waals surface area (Å²) in [7, 11) is -4.15. The maximum atomic E-state index is 12.7. The van der Waals surface area contributed by atoms with Crippen LogP contribution in [0.4, 0.5) is 0 Å². The monoisotopic (exact) mass is 507 g/mol. The molecule has 0 amide bonds. The van der Waals surface area contributed by atoms with Crippen LogP contribution in [0.2, 0.25) is 10.0 Å². The summed E-state index contributed by atoms with van der Waals surface area (Å²) in [5.41, 5.74) is 0.809. The molecule has 2 aromatic rings. The molecule has 11 heteroatoms. The molecule has 0 saturated carbocycles. The van der Waals surface area contributed by atoms with Crippen LogP contribution in [0.25, 0.3) is 0 Å². The highest BCUT2D eigenvalue weighted by Crippen LogP contribution is 2.32. The van der Waals surface area contributed by atoms with Crippen LogP contribution in [0, 0.1) is 12.8 Å². The van der Waals surface area contributed by atoms with E-state index in [1.807, 2.05) is 13.0 Å². The number of likely N-dealkylation sites (tertiary alicyclic amines) is 1. The highest BCUT2D eigenvalue weighted by atomic mass is 35.5. The second kappa shape index (κ2) is 11.1. The Hall–Kier alpha value is -1.87. The van der Waals surface area contributed by atoms with E-state index in [-0.39, 0.29) is 33.1 Å². The fourth-order valence-corrected chi connectivity index (χ4v) is 4.89. The Labute approximate surface area is 198 Å². The Morgan fingerprint density at radius 2 is 1.87 bits per heavy atom. The van der Waals surface area contributed by atoms with Gasteiger partial charge < -0.3 is 19.7 Å². The lowest BCUT2D eigenvalue weighted by atomic mass is 9.98. The number of halogens is 3. The normalized spacial score (nSPS) is 15.0. The molecule has 2 aromatic carbocycles. The van der Waals surface area contributed by atoms with Crippen molar-refractivity contribution in [3.63, 3.8) is 0 Å². The Balaban J connectivity index is 0.00000341. The molecule has 1 saturated heterocycles. The number of rotatable bonds is 7. The Morgan fingerprint density at radius 1 is 1.19 bits per heavy atom. The molecule has 7 nitrogen and oxygen atoms in total. The molecule has 170 valence electrons. The van der Waals surface area contributed by atoms with Gasteiger partial charge in [-0.25, -0.2) is 0 Å². The summed E-state index contributed by atoms with van der Waals surface area (Å²) in [6.45, 7) is 4.11. The maximum absolute atomic E-state index is 12.7. The van der Waals surface area contributed by atoms with Crippen molar-refractivity contribution >= 4 is 52.1 Å². The lowest BCUT2D eigenvalue weighted by Crippen LogP contribution is -2.34. The zero-order valence-electron chi connectivity index (χ0n) is 16.8. The van der Waals surface area contributed by atoms with Gasteiger partial charge >= 0.3 is 10.1 Å². The molecule has 0 atom stereocenters. The largest absolute Gasteiger partial charge is 0.493 e. The van der Waals surface area contributed by atoms with Crippen molar-refractivity contribution in [1.82, 2.24) is 4.90 Å². The van der Waals surface area contributed by atoms with E-state index in [4.69, 9.17) is 38.0 Å². The number of nitrogens with two attached hydrogens (primary N) is 1. The van der Waals surface area contributed by atoms with E-state index in [0.29, 0.717) is 18.3 Å². The number of ether oxygens (including phenoxy) is 1. The van der Waals surface area contributed by atoms with Crippen LogP contribution in [-0.2, 0) is 10.1 Å². The first kappa shape index (κ1) is 25.4. The fraction of sp³-hybridized carbons (Fsp3) is 0.350. The highest BCUT2D eigenvalue weighted by molar-refractivity contribution is 7.87. The number of aryl methyl sites for hydroxylation is 1. The maximum Gasteiger partial charge on any atom is 0.340 e. The van der Waals surface area contributed by atoms with Crippen LogP contribution in [0.1, 0.15) is 18.4 Å². The molecule has 2 N–H and O–H groups in total. The molecule has 0 unspecified atom stereocenters. The number of piperidine rings is 1. The quantitative estimate of drug-likeness (QED) is 0.195. The summed E-state index contributed by atoms with van der Waals surface area (Å²) in [5, 5.41) is 3.61. The van der Waals surface area contributed by atoms with Gasteiger partial charge in [0.25, 0.3) is 0 Å². The van der Waals surface area contributed by atoms with Gasteiger partial charge in [0, 0.05) is 19.2 Å². The molecule has 0 radical (unpaired) electrons. The molecular formula is C20H24Cl3N3O4S. The topological polar surface area (TPSA) is 94.2 Å². The average molecular weight is 509 g/mol. The summed E-state index contributed by atoms with van der Waals surface area (Å²) in [4.78, 5) is 1.88. The smallest absolute Gasteiger partial charge is 0.340 e. The predicted molar refractivity (Wildman–Crippen MR) is 125 cm³/mol. The van der Waals surface area contributed by atoms with Gasteiger partial charge in [0.1, 0.15) is 22.7 Å². The zero-order chi connectivity index (χ0) is 21.7. The van der Waals surface area contributed by atoms with Crippen molar-refractivity contribution in [2.45, 2.75) is 24.7 Å². The van der Waals surface area contributed by atoms with Gasteiger partial charge in [0.2, 0.25) is 0 Å². The van der Waals surface area contributed by atoms with E-state index < -0.39 is 10.1 Å². The molecular weight excluding hydrogens is 485 g/mol. The number of hydrogen-bond acceptors (Lipinski definition) is 6. The minimum Gasteiger partial charge on any atom is -0.493 e. The zero-order valence-corrected chi connectivity index (χ0v) is 20.0. The fourth-order valence-electron chi connectivity index (χ4n) is 3.24. The van der Waals surface area contributed by atoms with E-state index in [0.717, 1.165) is 31.5 Å². The summed E-state index contributed by atoms with van der Waals surface area (Å²) in [6.07, 6.45) is 3.57. The van der Waals surface area contributed by atoms with Gasteiger partial charge in [0.15, 0.2) is 0 Å². The molecule has 1 fully saturated rings. The van der Waals surface area contributed by atoms with Crippen molar-refractivity contribution in [1.29, 1.82) is 0 Å².